The zero-order chi connectivity index (χ0) is 20.1. The Labute approximate surface area is 171 Å². The zero-order valence-corrected chi connectivity index (χ0v) is 17.1. The van der Waals surface area contributed by atoms with Crippen molar-refractivity contribution in [3.63, 3.8) is 0 Å². The van der Waals surface area contributed by atoms with Crippen LogP contribution >= 0.6 is 0 Å². The largest absolute Gasteiger partial charge is 0.488 e. The molecular weight excluding hydrogens is 392 g/mol. The molecule has 0 aromatic heterocycles. The Morgan fingerprint density at radius 2 is 1.90 bits per heavy atom. The summed E-state index contributed by atoms with van der Waals surface area (Å²) in [7, 11) is -3.45. The predicted octanol–water partition coefficient (Wildman–Crippen LogP) is 2.14. The maximum Gasteiger partial charge on any atom is 0.240 e. The smallest absolute Gasteiger partial charge is 0.240 e. The molecule has 0 aliphatic carbocycles. The Kier molecular flexibility index (Phi) is 6.22. The lowest BCUT2D eigenvalue weighted by Crippen LogP contribution is -2.32. The quantitative estimate of drug-likeness (QED) is 0.708. The summed E-state index contributed by atoms with van der Waals surface area (Å²) in [6.45, 7) is 4.65. The fraction of sp³-hybridized carbons (Fsp3) is 0.429. The fourth-order valence-electron chi connectivity index (χ4n) is 3.64. The summed E-state index contributed by atoms with van der Waals surface area (Å²) in [6.07, 6.45) is 0.967. The van der Waals surface area contributed by atoms with Crippen molar-refractivity contribution in [2.24, 2.45) is 5.92 Å². The van der Waals surface area contributed by atoms with Crippen LogP contribution in [0, 0.1) is 5.92 Å². The van der Waals surface area contributed by atoms with Gasteiger partial charge in [-0.05, 0) is 43.1 Å². The number of benzene rings is 2. The van der Waals surface area contributed by atoms with E-state index in [9.17, 15) is 8.42 Å². The minimum atomic E-state index is -3.45. The number of nitrogens with zero attached hydrogens (tertiary/aromatic N) is 1. The van der Waals surface area contributed by atoms with Crippen LogP contribution in [0.2, 0.25) is 0 Å². The molecule has 0 amide bonds. The van der Waals surface area contributed by atoms with E-state index in [0.29, 0.717) is 48.7 Å². The Balaban J connectivity index is 1.22. The van der Waals surface area contributed by atoms with E-state index in [2.05, 4.69) is 9.62 Å². The number of rotatable bonds is 8. The van der Waals surface area contributed by atoms with Crippen molar-refractivity contribution in [1.29, 1.82) is 0 Å². The standard InChI is InChI=1S/C21H26N2O5S/c24-29(25,18-5-2-1-3-6-18)22-15-17-9-10-23(16-17)11-12-26-19-7-4-8-20-21(19)28-14-13-27-20/h1-8,17,22H,9-16H2. The molecule has 29 heavy (non-hydrogen) atoms. The number of para-hydroxylation sites is 1. The van der Waals surface area contributed by atoms with Gasteiger partial charge in [-0.3, -0.25) is 4.90 Å². The number of nitrogens with one attached hydrogen (secondary N) is 1. The van der Waals surface area contributed by atoms with Gasteiger partial charge >= 0.3 is 0 Å². The molecule has 1 fully saturated rings. The van der Waals surface area contributed by atoms with Crippen LogP contribution in [0.5, 0.6) is 17.2 Å². The first-order chi connectivity index (χ1) is 14.1. The Hall–Kier alpha value is -2.29. The van der Waals surface area contributed by atoms with E-state index in [-0.39, 0.29) is 0 Å². The lowest BCUT2D eigenvalue weighted by molar-refractivity contribution is 0.158. The van der Waals surface area contributed by atoms with Gasteiger partial charge in [0.1, 0.15) is 19.8 Å². The van der Waals surface area contributed by atoms with Gasteiger partial charge in [0, 0.05) is 19.6 Å². The molecule has 8 heteroatoms. The second kappa shape index (κ2) is 9.02. The summed E-state index contributed by atoms with van der Waals surface area (Å²) in [4.78, 5) is 2.61. The van der Waals surface area contributed by atoms with E-state index >= 15 is 0 Å². The highest BCUT2D eigenvalue weighted by Gasteiger charge is 2.24. The van der Waals surface area contributed by atoms with Crippen LogP contribution < -0.4 is 18.9 Å². The highest BCUT2D eigenvalue weighted by atomic mass is 32.2. The third-order valence-electron chi connectivity index (χ3n) is 5.18. The topological polar surface area (TPSA) is 77.1 Å². The lowest BCUT2D eigenvalue weighted by Gasteiger charge is -2.22. The second-order valence-electron chi connectivity index (χ2n) is 7.25. The van der Waals surface area contributed by atoms with Gasteiger partial charge < -0.3 is 14.2 Å². The number of sulfonamides is 1. The van der Waals surface area contributed by atoms with Crippen LogP contribution in [0.1, 0.15) is 6.42 Å². The summed E-state index contributed by atoms with van der Waals surface area (Å²) in [5.74, 6) is 2.40. The molecule has 1 N–H and O–H groups in total. The van der Waals surface area contributed by atoms with Crippen molar-refractivity contribution >= 4 is 10.0 Å². The van der Waals surface area contributed by atoms with Gasteiger partial charge in [0.15, 0.2) is 11.5 Å². The Morgan fingerprint density at radius 3 is 2.76 bits per heavy atom. The molecule has 0 saturated carbocycles. The molecule has 1 saturated heterocycles. The van der Waals surface area contributed by atoms with Crippen LogP contribution in [0.15, 0.2) is 53.4 Å². The minimum Gasteiger partial charge on any atom is -0.488 e. The minimum absolute atomic E-state index is 0.301. The molecule has 1 atom stereocenters. The summed E-state index contributed by atoms with van der Waals surface area (Å²) in [5.41, 5.74) is 0. The molecule has 2 heterocycles. The van der Waals surface area contributed by atoms with E-state index in [4.69, 9.17) is 14.2 Å². The molecular formula is C21H26N2O5S. The monoisotopic (exact) mass is 418 g/mol. The van der Waals surface area contributed by atoms with Gasteiger partial charge in [-0.1, -0.05) is 24.3 Å². The van der Waals surface area contributed by atoms with Gasteiger partial charge in [0.2, 0.25) is 15.8 Å². The molecule has 2 aromatic rings. The van der Waals surface area contributed by atoms with Crippen molar-refractivity contribution in [3.8, 4) is 17.2 Å². The third kappa shape index (κ3) is 5.01. The summed E-state index contributed by atoms with van der Waals surface area (Å²) < 4.78 is 44.6. The van der Waals surface area contributed by atoms with Gasteiger partial charge in [-0.25, -0.2) is 13.1 Å². The van der Waals surface area contributed by atoms with Crippen LogP contribution in [0.3, 0.4) is 0 Å². The SMILES string of the molecule is O=S(=O)(NCC1CCN(CCOc2cccc3c2OCCO3)C1)c1ccccc1. The van der Waals surface area contributed by atoms with Crippen molar-refractivity contribution in [1.82, 2.24) is 9.62 Å². The maximum atomic E-state index is 12.3. The van der Waals surface area contributed by atoms with Crippen molar-refractivity contribution in [2.45, 2.75) is 11.3 Å². The Morgan fingerprint density at radius 1 is 1.07 bits per heavy atom. The fourth-order valence-corrected chi connectivity index (χ4v) is 4.78. The number of fused-ring (bicyclic) bond motifs is 1. The van der Waals surface area contributed by atoms with E-state index in [1.165, 1.54) is 0 Å². The molecule has 0 spiro atoms. The predicted molar refractivity (Wildman–Crippen MR) is 109 cm³/mol. The van der Waals surface area contributed by atoms with Crippen LogP contribution in [-0.2, 0) is 10.0 Å². The highest BCUT2D eigenvalue weighted by molar-refractivity contribution is 7.89. The van der Waals surface area contributed by atoms with E-state index in [0.717, 1.165) is 31.8 Å². The molecule has 1 unspecified atom stereocenters. The average molecular weight is 419 g/mol. The molecule has 2 aromatic carbocycles. The van der Waals surface area contributed by atoms with Gasteiger partial charge in [-0.15, -0.1) is 0 Å². The normalized spacial score (nSPS) is 19.2. The molecule has 0 bridgehead atoms. The zero-order valence-electron chi connectivity index (χ0n) is 16.2. The number of ether oxygens (including phenoxy) is 3. The van der Waals surface area contributed by atoms with E-state index in [1.54, 1.807) is 30.3 Å². The summed E-state index contributed by atoms with van der Waals surface area (Å²) in [5, 5.41) is 0. The van der Waals surface area contributed by atoms with Crippen LogP contribution in [-0.4, -0.2) is 59.3 Å². The van der Waals surface area contributed by atoms with Gasteiger partial charge in [0.25, 0.3) is 0 Å². The molecule has 2 aliphatic rings. The first-order valence-corrected chi connectivity index (χ1v) is 11.4. The molecule has 7 nitrogen and oxygen atoms in total. The number of hydrogen-bond acceptors (Lipinski definition) is 6. The summed E-state index contributed by atoms with van der Waals surface area (Å²) in [6, 6.07) is 14.1. The molecule has 4 rings (SSSR count). The van der Waals surface area contributed by atoms with Crippen molar-refractivity contribution < 1.29 is 22.6 Å². The maximum absolute atomic E-state index is 12.3. The third-order valence-corrected chi connectivity index (χ3v) is 6.62. The average Bonchev–Trinajstić information content (AvgIpc) is 3.21. The molecule has 2 aliphatic heterocycles. The van der Waals surface area contributed by atoms with Crippen LogP contribution in [0.4, 0.5) is 0 Å². The highest BCUT2D eigenvalue weighted by Crippen LogP contribution is 2.38. The number of hydrogen-bond donors (Lipinski definition) is 1. The van der Waals surface area contributed by atoms with Gasteiger partial charge in [-0.2, -0.15) is 0 Å². The van der Waals surface area contributed by atoms with Crippen molar-refractivity contribution in [3.05, 3.63) is 48.5 Å². The van der Waals surface area contributed by atoms with Crippen molar-refractivity contribution in [2.75, 3.05) is 46.0 Å². The van der Waals surface area contributed by atoms with Crippen LogP contribution in [0.25, 0.3) is 0 Å². The lowest BCUT2D eigenvalue weighted by atomic mass is 10.1. The molecule has 156 valence electrons. The molecule has 0 radical (unpaired) electrons. The van der Waals surface area contributed by atoms with E-state index < -0.39 is 10.0 Å². The Bertz CT molecular complexity index is 920. The van der Waals surface area contributed by atoms with E-state index in [1.807, 2.05) is 18.2 Å². The van der Waals surface area contributed by atoms with Gasteiger partial charge in [0.05, 0.1) is 4.90 Å². The first-order valence-electron chi connectivity index (χ1n) is 9.90. The first kappa shape index (κ1) is 20.0. The number of likely N-dealkylation sites (tertiary alicyclic amines) is 1. The summed E-state index contributed by atoms with van der Waals surface area (Å²) >= 11 is 0. The second-order valence-corrected chi connectivity index (χ2v) is 9.02.